The van der Waals surface area contributed by atoms with Crippen LogP contribution in [0.5, 0.6) is 0 Å². The van der Waals surface area contributed by atoms with Crippen molar-refractivity contribution in [1.82, 2.24) is 15.2 Å². The van der Waals surface area contributed by atoms with E-state index in [-0.39, 0.29) is 11.6 Å². The van der Waals surface area contributed by atoms with Gasteiger partial charge in [-0.05, 0) is 25.5 Å². The van der Waals surface area contributed by atoms with Gasteiger partial charge in [-0.15, -0.1) is 10.2 Å². The van der Waals surface area contributed by atoms with Crippen molar-refractivity contribution in [2.45, 2.75) is 32.7 Å². The van der Waals surface area contributed by atoms with Crippen LogP contribution in [0.25, 0.3) is 0 Å². The van der Waals surface area contributed by atoms with E-state index in [2.05, 4.69) is 27.4 Å². The van der Waals surface area contributed by atoms with Crippen molar-refractivity contribution in [3.05, 3.63) is 40.2 Å². The fourth-order valence-electron chi connectivity index (χ4n) is 1.45. The maximum atomic E-state index is 11.8. The first kappa shape index (κ1) is 12.3. The predicted octanol–water partition coefficient (Wildman–Crippen LogP) is 1.56. The molecule has 0 radical (unpaired) electrons. The number of anilines is 1. The van der Waals surface area contributed by atoms with Crippen molar-refractivity contribution in [2.75, 3.05) is 5.32 Å². The van der Waals surface area contributed by atoms with Crippen molar-refractivity contribution >= 4 is 5.95 Å². The molecule has 0 aliphatic rings. The summed E-state index contributed by atoms with van der Waals surface area (Å²) < 4.78 is 5.17. The minimum atomic E-state index is -0.243. The number of aromatic nitrogens is 3. The third kappa shape index (κ3) is 2.97. The van der Waals surface area contributed by atoms with Crippen molar-refractivity contribution in [3.8, 4) is 0 Å². The first-order valence-electron chi connectivity index (χ1n) is 5.93. The normalized spacial score (nSPS) is 12.3. The van der Waals surface area contributed by atoms with Crippen molar-refractivity contribution in [2.24, 2.45) is 0 Å². The number of nitrogens with zero attached hydrogens (tertiary/aromatic N) is 2. The summed E-state index contributed by atoms with van der Waals surface area (Å²) in [6, 6.07) is 3.81. The van der Waals surface area contributed by atoms with Crippen LogP contribution in [0.3, 0.4) is 0 Å². The highest BCUT2D eigenvalue weighted by Gasteiger charge is 2.08. The molecule has 0 bridgehead atoms. The van der Waals surface area contributed by atoms with Gasteiger partial charge in [-0.1, -0.05) is 6.92 Å². The number of aromatic amines is 1. The van der Waals surface area contributed by atoms with Crippen LogP contribution in [0, 0.1) is 0 Å². The number of rotatable bonds is 5. The molecule has 0 aromatic carbocycles. The standard InChI is InChI=1S/C12H16N4O2/c1-3-8(2)13-12-14-11(17)10(15-16-12)7-9-5-4-6-18-9/h4-6,8H,3,7H2,1-2H3,(H2,13,14,16,17). The van der Waals surface area contributed by atoms with Gasteiger partial charge in [-0.2, -0.15) is 0 Å². The lowest BCUT2D eigenvalue weighted by atomic mass is 10.2. The van der Waals surface area contributed by atoms with Gasteiger partial charge in [-0.3, -0.25) is 9.78 Å². The maximum absolute atomic E-state index is 11.8. The Hall–Kier alpha value is -2.11. The summed E-state index contributed by atoms with van der Waals surface area (Å²) in [4.78, 5) is 14.5. The summed E-state index contributed by atoms with van der Waals surface area (Å²) in [7, 11) is 0. The van der Waals surface area contributed by atoms with Gasteiger partial charge in [0.15, 0.2) is 0 Å². The van der Waals surface area contributed by atoms with E-state index in [0.717, 1.165) is 6.42 Å². The molecule has 0 saturated heterocycles. The summed E-state index contributed by atoms with van der Waals surface area (Å²) in [6.45, 7) is 4.06. The highest BCUT2D eigenvalue weighted by atomic mass is 16.3. The zero-order chi connectivity index (χ0) is 13.0. The largest absolute Gasteiger partial charge is 0.469 e. The summed E-state index contributed by atoms with van der Waals surface area (Å²) in [5, 5.41) is 10.9. The van der Waals surface area contributed by atoms with E-state index in [4.69, 9.17) is 4.42 Å². The Bertz CT molecular complexity index is 547. The third-order valence-corrected chi connectivity index (χ3v) is 2.68. The maximum Gasteiger partial charge on any atom is 0.274 e. The molecule has 0 fully saturated rings. The summed E-state index contributed by atoms with van der Waals surface area (Å²) in [5.74, 6) is 1.09. The first-order valence-corrected chi connectivity index (χ1v) is 5.93. The van der Waals surface area contributed by atoms with E-state index < -0.39 is 0 Å². The molecule has 2 rings (SSSR count). The smallest absolute Gasteiger partial charge is 0.274 e. The van der Waals surface area contributed by atoms with Gasteiger partial charge in [0.25, 0.3) is 5.56 Å². The minimum absolute atomic E-state index is 0.242. The van der Waals surface area contributed by atoms with E-state index in [1.807, 2.05) is 6.92 Å². The highest BCUT2D eigenvalue weighted by Crippen LogP contribution is 2.05. The van der Waals surface area contributed by atoms with Crippen LogP contribution < -0.4 is 10.9 Å². The molecule has 6 nitrogen and oxygen atoms in total. The van der Waals surface area contributed by atoms with Crippen molar-refractivity contribution in [3.63, 3.8) is 0 Å². The average molecular weight is 248 g/mol. The molecule has 0 aliphatic carbocycles. The van der Waals surface area contributed by atoms with Crippen molar-refractivity contribution in [1.29, 1.82) is 0 Å². The Balaban J connectivity index is 2.13. The van der Waals surface area contributed by atoms with E-state index in [9.17, 15) is 4.79 Å². The molecule has 0 spiro atoms. The van der Waals surface area contributed by atoms with Gasteiger partial charge in [-0.25, -0.2) is 0 Å². The van der Waals surface area contributed by atoms with Crippen molar-refractivity contribution < 1.29 is 4.42 Å². The molecule has 0 saturated carbocycles. The number of furan rings is 1. The van der Waals surface area contributed by atoms with Crippen LogP contribution in [0.1, 0.15) is 31.7 Å². The molecule has 1 atom stereocenters. The van der Waals surface area contributed by atoms with Gasteiger partial charge >= 0.3 is 0 Å². The molecule has 2 aromatic rings. The van der Waals surface area contributed by atoms with Gasteiger partial charge in [0, 0.05) is 6.04 Å². The molecular formula is C12H16N4O2. The Kier molecular flexibility index (Phi) is 3.76. The topological polar surface area (TPSA) is 83.8 Å². The monoisotopic (exact) mass is 248 g/mol. The molecule has 96 valence electrons. The number of H-pyrrole nitrogens is 1. The molecular weight excluding hydrogens is 232 g/mol. The predicted molar refractivity (Wildman–Crippen MR) is 67.5 cm³/mol. The van der Waals surface area contributed by atoms with Crippen LogP contribution in [-0.2, 0) is 6.42 Å². The first-order chi connectivity index (χ1) is 8.69. The second kappa shape index (κ2) is 5.48. The lowest BCUT2D eigenvalue weighted by molar-refractivity contribution is 0.517. The van der Waals surface area contributed by atoms with Crippen LogP contribution in [0.2, 0.25) is 0 Å². The molecule has 2 heterocycles. The molecule has 6 heteroatoms. The van der Waals surface area contributed by atoms with Crippen LogP contribution in [-0.4, -0.2) is 21.2 Å². The van der Waals surface area contributed by atoms with Gasteiger partial charge in [0.05, 0.1) is 12.7 Å². The SMILES string of the molecule is CCC(C)Nc1nnc(Cc2ccco2)c(=O)[nH]1. The second-order valence-corrected chi connectivity index (χ2v) is 4.16. The van der Waals surface area contributed by atoms with Gasteiger partial charge < -0.3 is 9.73 Å². The number of nitrogens with one attached hydrogen (secondary N) is 2. The number of hydrogen-bond acceptors (Lipinski definition) is 5. The lowest BCUT2D eigenvalue weighted by Gasteiger charge is -2.10. The van der Waals surface area contributed by atoms with Crippen LogP contribution in [0.4, 0.5) is 5.95 Å². The Labute approximate surface area is 104 Å². The zero-order valence-corrected chi connectivity index (χ0v) is 10.4. The molecule has 2 N–H and O–H groups in total. The Morgan fingerprint density at radius 3 is 2.94 bits per heavy atom. The molecule has 1 unspecified atom stereocenters. The Morgan fingerprint density at radius 1 is 1.50 bits per heavy atom. The highest BCUT2D eigenvalue weighted by molar-refractivity contribution is 5.23. The van der Waals surface area contributed by atoms with E-state index >= 15 is 0 Å². The van der Waals surface area contributed by atoms with Crippen LogP contribution in [0.15, 0.2) is 27.6 Å². The summed E-state index contributed by atoms with van der Waals surface area (Å²) >= 11 is 0. The fraction of sp³-hybridized carbons (Fsp3) is 0.417. The molecule has 18 heavy (non-hydrogen) atoms. The molecule has 2 aromatic heterocycles. The second-order valence-electron chi connectivity index (χ2n) is 4.16. The van der Waals surface area contributed by atoms with E-state index in [1.54, 1.807) is 18.4 Å². The van der Waals surface area contributed by atoms with E-state index in [1.165, 1.54) is 0 Å². The Morgan fingerprint density at radius 2 is 2.33 bits per heavy atom. The quantitative estimate of drug-likeness (QED) is 0.838. The minimum Gasteiger partial charge on any atom is -0.469 e. The summed E-state index contributed by atoms with van der Waals surface area (Å²) in [6.07, 6.45) is 2.85. The van der Waals surface area contributed by atoms with Crippen LogP contribution >= 0.6 is 0 Å². The van der Waals surface area contributed by atoms with Gasteiger partial charge in [0.1, 0.15) is 11.5 Å². The fourth-order valence-corrected chi connectivity index (χ4v) is 1.45. The average Bonchev–Trinajstić information content (AvgIpc) is 2.85. The molecule has 0 aliphatic heterocycles. The number of hydrogen-bond donors (Lipinski definition) is 2. The molecule has 0 amide bonds. The zero-order valence-electron chi connectivity index (χ0n) is 10.4. The third-order valence-electron chi connectivity index (χ3n) is 2.68. The lowest BCUT2D eigenvalue weighted by Crippen LogP contribution is -2.23. The van der Waals surface area contributed by atoms with E-state index in [0.29, 0.717) is 23.8 Å². The van der Waals surface area contributed by atoms with Gasteiger partial charge in [0.2, 0.25) is 5.95 Å². The summed E-state index contributed by atoms with van der Waals surface area (Å²) in [5.41, 5.74) is 0.104.